The molecule has 120 valence electrons. The van der Waals surface area contributed by atoms with Crippen molar-refractivity contribution in [2.45, 2.75) is 63.4 Å². The highest BCUT2D eigenvalue weighted by molar-refractivity contribution is 7.87. The molecule has 0 aliphatic carbocycles. The van der Waals surface area contributed by atoms with Gasteiger partial charge in [-0.15, -0.1) is 0 Å². The molecule has 0 saturated heterocycles. The summed E-state index contributed by atoms with van der Waals surface area (Å²) in [6.45, 7) is 5.55. The van der Waals surface area contributed by atoms with Crippen LogP contribution in [0.25, 0.3) is 0 Å². The number of carbonyl (C=O) groups excluding carboxylic acids is 1. The zero-order chi connectivity index (χ0) is 16.0. The van der Waals surface area contributed by atoms with E-state index in [0.29, 0.717) is 37.4 Å². The molecule has 0 aliphatic heterocycles. The van der Waals surface area contributed by atoms with Gasteiger partial charge in [0.1, 0.15) is 0 Å². The lowest BCUT2D eigenvalue weighted by atomic mass is 10.6. The van der Waals surface area contributed by atoms with Gasteiger partial charge in [-0.2, -0.15) is 17.2 Å². The zero-order valence-corrected chi connectivity index (χ0v) is 13.8. The maximum absolute atomic E-state index is 13.3. The first kappa shape index (κ1) is 19.5. The van der Waals surface area contributed by atoms with Crippen LogP contribution in [-0.4, -0.2) is 32.5 Å². The third-order valence-electron chi connectivity index (χ3n) is 2.99. The third kappa shape index (κ3) is 4.78. The Bertz CT molecular complexity index is 408. The summed E-state index contributed by atoms with van der Waals surface area (Å²) >= 11 is 0. The SMILES string of the molecule is CCC[Si](CCC)(CCC)OC(=O)C(F)(F)S(=O)(=O)O. The van der Waals surface area contributed by atoms with Gasteiger partial charge >= 0.3 is 21.3 Å². The smallest absolute Gasteiger partial charge is 0.464 e. The van der Waals surface area contributed by atoms with Crippen molar-refractivity contribution in [2.24, 2.45) is 0 Å². The van der Waals surface area contributed by atoms with E-state index in [-0.39, 0.29) is 0 Å². The Morgan fingerprint density at radius 1 is 1.10 bits per heavy atom. The van der Waals surface area contributed by atoms with Gasteiger partial charge in [0, 0.05) is 0 Å². The Morgan fingerprint density at radius 3 is 1.70 bits per heavy atom. The van der Waals surface area contributed by atoms with Gasteiger partial charge in [0.15, 0.2) is 0 Å². The fourth-order valence-electron chi connectivity index (χ4n) is 2.26. The first-order valence-corrected chi connectivity index (χ1v) is 10.6. The number of hydrogen-bond acceptors (Lipinski definition) is 4. The molecule has 0 aliphatic rings. The van der Waals surface area contributed by atoms with Crippen LogP contribution in [0.3, 0.4) is 0 Å². The van der Waals surface area contributed by atoms with Gasteiger partial charge in [-0.25, -0.2) is 4.79 Å². The Balaban J connectivity index is 5.30. The molecule has 0 unspecified atom stereocenters. The van der Waals surface area contributed by atoms with Gasteiger partial charge in [-0.05, 0) is 18.1 Å². The molecular formula is C11H22F2O5SSi. The average molecular weight is 332 g/mol. The first-order valence-electron chi connectivity index (χ1n) is 6.64. The lowest BCUT2D eigenvalue weighted by molar-refractivity contribution is -0.152. The molecule has 0 aromatic carbocycles. The fourth-order valence-corrected chi connectivity index (χ4v) is 6.89. The van der Waals surface area contributed by atoms with Crippen LogP contribution < -0.4 is 0 Å². The summed E-state index contributed by atoms with van der Waals surface area (Å²) in [7, 11) is -8.56. The van der Waals surface area contributed by atoms with Crippen molar-refractivity contribution < 1.29 is 31.0 Å². The number of halogens is 2. The molecule has 0 aromatic heterocycles. The Labute approximate surface area is 119 Å². The summed E-state index contributed by atoms with van der Waals surface area (Å²) in [6, 6.07) is 1.51. The van der Waals surface area contributed by atoms with Gasteiger partial charge in [-0.3, -0.25) is 4.55 Å². The van der Waals surface area contributed by atoms with E-state index in [1.165, 1.54) is 0 Å². The molecule has 0 spiro atoms. The molecule has 9 heteroatoms. The highest BCUT2D eigenvalue weighted by Gasteiger charge is 2.56. The normalized spacial score (nSPS) is 13.3. The molecule has 0 heterocycles. The van der Waals surface area contributed by atoms with Crippen molar-refractivity contribution in [3.8, 4) is 0 Å². The van der Waals surface area contributed by atoms with Gasteiger partial charge in [0.25, 0.3) is 8.32 Å². The van der Waals surface area contributed by atoms with Crippen molar-refractivity contribution in [1.82, 2.24) is 0 Å². The predicted molar refractivity (Wildman–Crippen MR) is 73.6 cm³/mol. The van der Waals surface area contributed by atoms with Crippen LogP contribution in [0.4, 0.5) is 8.78 Å². The minimum atomic E-state index is -5.80. The molecule has 20 heavy (non-hydrogen) atoms. The zero-order valence-electron chi connectivity index (χ0n) is 12.0. The lowest BCUT2D eigenvalue weighted by Crippen LogP contribution is -2.48. The maximum Gasteiger partial charge on any atom is 0.464 e. The number of rotatable bonds is 9. The van der Waals surface area contributed by atoms with Crippen molar-refractivity contribution >= 4 is 24.4 Å². The second-order valence-corrected chi connectivity index (χ2v) is 10.3. The summed E-state index contributed by atoms with van der Waals surface area (Å²) in [6.07, 6.45) is 1.99. The van der Waals surface area contributed by atoms with Crippen LogP contribution in [0.5, 0.6) is 0 Å². The summed E-state index contributed by atoms with van der Waals surface area (Å²) in [5, 5.41) is -4.90. The molecule has 5 nitrogen and oxygen atoms in total. The van der Waals surface area contributed by atoms with Crippen molar-refractivity contribution in [3.05, 3.63) is 0 Å². The van der Waals surface area contributed by atoms with Crippen molar-refractivity contribution in [1.29, 1.82) is 0 Å². The first-order chi connectivity index (χ1) is 9.06. The second-order valence-electron chi connectivity index (χ2n) is 4.81. The fraction of sp³-hybridized carbons (Fsp3) is 0.909. The molecule has 1 N–H and O–H groups in total. The Hall–Kier alpha value is -0.543. The van der Waals surface area contributed by atoms with Crippen LogP contribution in [0.2, 0.25) is 18.1 Å². The standard InChI is InChI=1S/C11H22F2O5SSi/c1-4-7-20(8-5-2,9-6-3)18-10(14)11(12,13)19(15,16)17/h4-9H2,1-3H3,(H,15,16,17). The van der Waals surface area contributed by atoms with E-state index in [0.717, 1.165) is 0 Å². The topological polar surface area (TPSA) is 80.7 Å². The van der Waals surface area contributed by atoms with Gasteiger partial charge in [0.2, 0.25) is 0 Å². The number of hydrogen-bond donors (Lipinski definition) is 1. The summed E-state index contributed by atoms with van der Waals surface area (Å²) < 4.78 is 61.1. The summed E-state index contributed by atoms with van der Waals surface area (Å²) in [5.74, 6) is -2.15. The van der Waals surface area contributed by atoms with E-state index in [2.05, 4.69) is 0 Å². The van der Waals surface area contributed by atoms with E-state index in [9.17, 15) is 22.0 Å². The predicted octanol–water partition coefficient (Wildman–Crippen LogP) is 3.19. The minimum Gasteiger partial charge on any atom is -0.514 e. The minimum absolute atomic E-state index is 0.502. The van der Waals surface area contributed by atoms with Gasteiger partial charge in [0.05, 0.1) is 0 Å². The molecule has 0 saturated carbocycles. The highest BCUT2D eigenvalue weighted by atomic mass is 32.2. The van der Waals surface area contributed by atoms with E-state index >= 15 is 0 Å². The van der Waals surface area contributed by atoms with Crippen LogP contribution in [0.1, 0.15) is 40.0 Å². The third-order valence-corrected chi connectivity index (χ3v) is 8.65. The highest BCUT2D eigenvalue weighted by Crippen LogP contribution is 2.31. The largest absolute Gasteiger partial charge is 0.514 e. The van der Waals surface area contributed by atoms with Crippen LogP contribution in [0, 0.1) is 0 Å². The lowest BCUT2D eigenvalue weighted by Gasteiger charge is -2.31. The van der Waals surface area contributed by atoms with Crippen molar-refractivity contribution in [2.75, 3.05) is 0 Å². The molecule has 0 amide bonds. The summed E-state index contributed by atoms with van der Waals surface area (Å²) in [4.78, 5) is 11.5. The van der Waals surface area contributed by atoms with Crippen LogP contribution in [-0.2, 0) is 19.3 Å². The maximum atomic E-state index is 13.3. The second kappa shape index (κ2) is 7.46. The molecule has 0 fully saturated rings. The number of carbonyl (C=O) groups is 1. The molecule has 0 atom stereocenters. The molecule has 0 radical (unpaired) electrons. The quantitative estimate of drug-likeness (QED) is 0.518. The van der Waals surface area contributed by atoms with Crippen molar-refractivity contribution in [3.63, 3.8) is 0 Å². The molecule has 0 aromatic rings. The molecule has 0 rings (SSSR count). The van der Waals surface area contributed by atoms with Crippen LogP contribution >= 0.6 is 0 Å². The molecule has 0 bridgehead atoms. The van der Waals surface area contributed by atoms with E-state index < -0.39 is 29.7 Å². The average Bonchev–Trinajstić information content (AvgIpc) is 2.28. The van der Waals surface area contributed by atoms with E-state index in [1.54, 1.807) is 0 Å². The summed E-state index contributed by atoms with van der Waals surface area (Å²) in [5.41, 5.74) is 0. The number of alkyl halides is 2. The van der Waals surface area contributed by atoms with Gasteiger partial charge in [-0.1, -0.05) is 40.0 Å². The Kier molecular flexibility index (Phi) is 7.26. The monoisotopic (exact) mass is 332 g/mol. The van der Waals surface area contributed by atoms with E-state index in [4.69, 9.17) is 8.98 Å². The molecular weight excluding hydrogens is 310 g/mol. The Morgan fingerprint density at radius 2 is 1.45 bits per heavy atom. The van der Waals surface area contributed by atoms with Crippen LogP contribution in [0.15, 0.2) is 0 Å². The van der Waals surface area contributed by atoms with Gasteiger partial charge < -0.3 is 4.43 Å². The van der Waals surface area contributed by atoms with E-state index in [1.807, 2.05) is 20.8 Å².